The third kappa shape index (κ3) is 4.32. The second-order valence-corrected chi connectivity index (χ2v) is 10.7. The summed E-state index contributed by atoms with van der Waals surface area (Å²) >= 11 is 0. The first-order chi connectivity index (χ1) is 14.2. The molecule has 0 aliphatic carbocycles. The fraction of sp³-hybridized carbons (Fsp3) is 0.130. The molecule has 156 valence electrons. The molecule has 3 aromatic carbocycles. The Kier molecular flexibility index (Phi) is 6.14. The summed E-state index contributed by atoms with van der Waals surface area (Å²) in [6.45, 7) is 7.36. The van der Waals surface area contributed by atoms with E-state index in [4.69, 9.17) is 4.74 Å². The quantitative estimate of drug-likeness (QED) is 0.502. The van der Waals surface area contributed by atoms with E-state index in [-0.39, 0.29) is 31.9 Å². The Morgan fingerprint density at radius 2 is 1.20 bits per heavy atom. The highest BCUT2D eigenvalue weighted by atomic mass is 32.2. The maximum atomic E-state index is 13.3. The van der Waals surface area contributed by atoms with Crippen molar-refractivity contribution in [2.75, 3.05) is 6.61 Å². The Balaban J connectivity index is 2.18. The molecule has 0 radical (unpaired) electrons. The number of aryl methyl sites for hydroxylation is 2. The highest BCUT2D eigenvalue weighted by Crippen LogP contribution is 2.33. The first kappa shape index (κ1) is 21.8. The average molecular weight is 443 g/mol. The maximum Gasteiger partial charge on any atom is 0.210 e. The van der Waals surface area contributed by atoms with Crippen LogP contribution in [0.3, 0.4) is 0 Å². The van der Waals surface area contributed by atoms with Crippen molar-refractivity contribution in [3.63, 3.8) is 0 Å². The summed E-state index contributed by atoms with van der Waals surface area (Å²) in [5, 5.41) is 0. The summed E-state index contributed by atoms with van der Waals surface area (Å²) in [5.74, 6) is 0.0679. The average Bonchev–Trinajstić information content (AvgIpc) is 2.72. The zero-order valence-corrected chi connectivity index (χ0v) is 18.3. The van der Waals surface area contributed by atoms with E-state index in [9.17, 15) is 16.8 Å². The molecule has 0 unspecified atom stereocenters. The predicted octanol–water partition coefficient (Wildman–Crippen LogP) is 4.53. The van der Waals surface area contributed by atoms with Crippen LogP contribution in [0.1, 0.15) is 11.1 Å². The fourth-order valence-electron chi connectivity index (χ4n) is 2.83. The van der Waals surface area contributed by atoms with Gasteiger partial charge in [-0.15, -0.1) is 0 Å². The van der Waals surface area contributed by atoms with Crippen LogP contribution in [0.2, 0.25) is 0 Å². The maximum absolute atomic E-state index is 13.3. The molecule has 0 amide bonds. The lowest BCUT2D eigenvalue weighted by atomic mass is 10.2. The monoisotopic (exact) mass is 442 g/mol. The van der Waals surface area contributed by atoms with Gasteiger partial charge in [0.2, 0.25) is 19.7 Å². The van der Waals surface area contributed by atoms with Crippen LogP contribution in [0.15, 0.2) is 99.0 Å². The third-order valence-electron chi connectivity index (χ3n) is 4.53. The van der Waals surface area contributed by atoms with Crippen molar-refractivity contribution < 1.29 is 21.6 Å². The fourth-order valence-corrected chi connectivity index (χ4v) is 5.62. The summed E-state index contributed by atoms with van der Waals surface area (Å²) in [6, 6.07) is 16.6. The molecule has 0 atom stereocenters. The lowest BCUT2D eigenvalue weighted by Crippen LogP contribution is -2.09. The smallest absolute Gasteiger partial charge is 0.210 e. The lowest BCUT2D eigenvalue weighted by molar-refractivity contribution is 0.353. The SMILES string of the molecule is C=CCOc1ccc(S(=O)(=O)c2ccc(C)cc2)cc1S(=O)(=O)c1ccc(C)cc1. The highest BCUT2D eigenvalue weighted by Gasteiger charge is 2.26. The number of hydrogen-bond acceptors (Lipinski definition) is 5. The van der Waals surface area contributed by atoms with Crippen LogP contribution in [-0.4, -0.2) is 23.4 Å². The van der Waals surface area contributed by atoms with Crippen LogP contribution in [-0.2, 0) is 19.7 Å². The van der Waals surface area contributed by atoms with E-state index in [1.807, 2.05) is 13.8 Å². The van der Waals surface area contributed by atoms with Gasteiger partial charge in [0.1, 0.15) is 17.3 Å². The Morgan fingerprint density at radius 3 is 1.70 bits per heavy atom. The molecule has 7 heteroatoms. The van der Waals surface area contributed by atoms with Gasteiger partial charge >= 0.3 is 0 Å². The van der Waals surface area contributed by atoms with Gasteiger partial charge in [-0.1, -0.05) is 48.0 Å². The minimum atomic E-state index is -4.01. The van der Waals surface area contributed by atoms with Crippen molar-refractivity contribution in [1.29, 1.82) is 0 Å². The van der Waals surface area contributed by atoms with Crippen LogP contribution in [0, 0.1) is 13.8 Å². The molecule has 30 heavy (non-hydrogen) atoms. The van der Waals surface area contributed by atoms with Gasteiger partial charge in [0.05, 0.1) is 14.7 Å². The van der Waals surface area contributed by atoms with Crippen LogP contribution in [0.4, 0.5) is 0 Å². The molecule has 5 nitrogen and oxygen atoms in total. The molecule has 0 bridgehead atoms. The van der Waals surface area contributed by atoms with Gasteiger partial charge in [0.25, 0.3) is 0 Å². The summed E-state index contributed by atoms with van der Waals surface area (Å²) < 4.78 is 58.3. The molecular weight excluding hydrogens is 420 g/mol. The molecule has 0 saturated heterocycles. The summed E-state index contributed by atoms with van der Waals surface area (Å²) in [4.78, 5) is -0.183. The van der Waals surface area contributed by atoms with Gasteiger partial charge in [-0.25, -0.2) is 16.8 Å². The molecule has 0 saturated carbocycles. The minimum Gasteiger partial charge on any atom is -0.488 e. The van der Waals surface area contributed by atoms with E-state index in [1.165, 1.54) is 42.5 Å². The second kappa shape index (κ2) is 8.45. The molecule has 0 aromatic heterocycles. The van der Waals surface area contributed by atoms with Gasteiger partial charge in [0, 0.05) is 0 Å². The largest absolute Gasteiger partial charge is 0.488 e. The second-order valence-electron chi connectivity index (χ2n) is 6.84. The zero-order valence-electron chi connectivity index (χ0n) is 16.7. The van der Waals surface area contributed by atoms with Crippen LogP contribution >= 0.6 is 0 Å². The van der Waals surface area contributed by atoms with Gasteiger partial charge < -0.3 is 4.74 Å². The Labute approximate surface area is 177 Å². The molecule has 0 spiro atoms. The third-order valence-corrected chi connectivity index (χ3v) is 8.09. The van der Waals surface area contributed by atoms with Gasteiger partial charge in [-0.3, -0.25) is 0 Å². The molecule has 3 aromatic rings. The first-order valence-corrected chi connectivity index (χ1v) is 12.1. The zero-order chi connectivity index (χ0) is 21.9. The molecule has 0 heterocycles. The van der Waals surface area contributed by atoms with E-state index in [2.05, 4.69) is 6.58 Å². The number of benzene rings is 3. The number of ether oxygens (including phenoxy) is 1. The van der Waals surface area contributed by atoms with Gasteiger partial charge in [-0.2, -0.15) is 0 Å². The Bertz CT molecular complexity index is 1270. The van der Waals surface area contributed by atoms with Crippen molar-refractivity contribution in [2.45, 2.75) is 33.4 Å². The molecule has 0 N–H and O–H groups in total. The Hall–Kier alpha value is -2.90. The van der Waals surface area contributed by atoms with Gasteiger partial charge in [-0.05, 0) is 56.3 Å². The summed E-state index contributed by atoms with van der Waals surface area (Å²) in [7, 11) is -7.92. The van der Waals surface area contributed by atoms with E-state index in [0.29, 0.717) is 0 Å². The normalized spacial score (nSPS) is 11.8. The number of hydrogen-bond donors (Lipinski definition) is 0. The van der Waals surface area contributed by atoms with Crippen molar-refractivity contribution in [3.8, 4) is 5.75 Å². The molecule has 0 fully saturated rings. The van der Waals surface area contributed by atoms with Gasteiger partial charge in [0.15, 0.2) is 0 Å². The van der Waals surface area contributed by atoms with Crippen molar-refractivity contribution in [3.05, 3.63) is 90.5 Å². The summed E-state index contributed by atoms with van der Waals surface area (Å²) in [5.41, 5.74) is 1.83. The standard InChI is InChI=1S/C23H22O5S2/c1-4-15-28-22-14-13-21(29(24,25)19-9-5-17(2)6-10-19)16-23(22)30(26,27)20-11-7-18(3)8-12-20/h4-14,16H,1,15H2,2-3H3. The molecule has 0 aliphatic heterocycles. The van der Waals surface area contributed by atoms with Crippen LogP contribution in [0.25, 0.3) is 0 Å². The van der Waals surface area contributed by atoms with Crippen LogP contribution in [0.5, 0.6) is 5.75 Å². The minimum absolute atomic E-state index is 0.0569. The Morgan fingerprint density at radius 1 is 0.733 bits per heavy atom. The van der Waals surface area contributed by atoms with Crippen molar-refractivity contribution >= 4 is 19.7 Å². The lowest BCUT2D eigenvalue weighted by Gasteiger charge is -2.14. The van der Waals surface area contributed by atoms with Crippen LogP contribution < -0.4 is 4.74 Å². The topological polar surface area (TPSA) is 77.5 Å². The molecule has 3 rings (SSSR count). The highest BCUT2D eigenvalue weighted by molar-refractivity contribution is 7.92. The van der Waals surface area contributed by atoms with Crippen molar-refractivity contribution in [2.24, 2.45) is 0 Å². The predicted molar refractivity (Wildman–Crippen MR) is 115 cm³/mol. The van der Waals surface area contributed by atoms with E-state index in [1.54, 1.807) is 24.3 Å². The number of rotatable bonds is 7. The number of sulfone groups is 2. The summed E-state index contributed by atoms with van der Waals surface area (Å²) in [6.07, 6.45) is 1.49. The molecule has 0 aliphatic rings. The van der Waals surface area contributed by atoms with E-state index < -0.39 is 19.7 Å². The first-order valence-electron chi connectivity index (χ1n) is 9.17. The van der Waals surface area contributed by atoms with E-state index >= 15 is 0 Å². The van der Waals surface area contributed by atoms with E-state index in [0.717, 1.165) is 17.2 Å². The van der Waals surface area contributed by atoms with Crippen molar-refractivity contribution in [1.82, 2.24) is 0 Å². The molecular formula is C23H22O5S2.